The number of benzene rings is 2. The molecule has 2 aromatic carbocycles. The van der Waals surface area contributed by atoms with Crippen LogP contribution >= 0.6 is 0 Å². The molecule has 0 bridgehead atoms. The highest BCUT2D eigenvalue weighted by Gasteiger charge is 2.10. The normalized spacial score (nSPS) is 12.5. The minimum Gasteiger partial charge on any atom is -0.384 e. The Bertz CT molecular complexity index is 563. The molecule has 0 fully saturated rings. The highest BCUT2D eigenvalue weighted by Crippen LogP contribution is 2.26. The Labute approximate surface area is 102 Å². The first-order valence-electron chi connectivity index (χ1n) is 5.90. The third-order valence-electron chi connectivity index (χ3n) is 3.29. The molecule has 0 aliphatic carbocycles. The van der Waals surface area contributed by atoms with Gasteiger partial charge in [-0.3, -0.25) is 0 Å². The first-order valence-corrected chi connectivity index (χ1v) is 5.90. The summed E-state index contributed by atoms with van der Waals surface area (Å²) in [6.07, 6.45) is -0.496. The number of fused-ring (bicyclic) bond motifs is 1. The fourth-order valence-corrected chi connectivity index (χ4v) is 1.90. The van der Waals surface area contributed by atoms with E-state index in [0.29, 0.717) is 0 Å². The maximum absolute atomic E-state index is 10.3. The van der Waals surface area contributed by atoms with E-state index in [0.717, 1.165) is 11.1 Å². The van der Waals surface area contributed by atoms with Gasteiger partial charge in [0, 0.05) is 0 Å². The molecule has 0 amide bonds. The Morgan fingerprint density at radius 1 is 0.941 bits per heavy atom. The lowest BCUT2D eigenvalue weighted by Crippen LogP contribution is -2.00. The van der Waals surface area contributed by atoms with Crippen molar-refractivity contribution in [3.05, 3.63) is 59.2 Å². The number of aliphatic hydroxyl groups is 1. The molecule has 0 aliphatic rings. The summed E-state index contributed by atoms with van der Waals surface area (Å²) < 4.78 is 0. The molecule has 1 atom stereocenters. The van der Waals surface area contributed by atoms with Crippen LogP contribution in [0.1, 0.15) is 32.4 Å². The molecule has 0 aliphatic heterocycles. The van der Waals surface area contributed by atoms with Gasteiger partial charge in [0.1, 0.15) is 6.10 Å². The molecule has 17 heavy (non-hydrogen) atoms. The van der Waals surface area contributed by atoms with Crippen LogP contribution in [0.4, 0.5) is 0 Å². The molecular formula is C16H18O. The average molecular weight is 226 g/mol. The molecule has 0 spiro atoms. The summed E-state index contributed by atoms with van der Waals surface area (Å²) in [4.78, 5) is 0. The standard InChI is InChI=1S/C16H18O/c1-11(2)12(3)16(17)15-9-8-13-6-4-5-7-14(13)10-15/h4-10,16-17H,1-3H3. The van der Waals surface area contributed by atoms with Gasteiger partial charge in [0.2, 0.25) is 0 Å². The van der Waals surface area contributed by atoms with Crippen molar-refractivity contribution in [3.8, 4) is 0 Å². The summed E-state index contributed by atoms with van der Waals surface area (Å²) in [5.41, 5.74) is 3.16. The number of rotatable bonds is 2. The quantitative estimate of drug-likeness (QED) is 0.760. The maximum Gasteiger partial charge on any atom is 0.100 e. The van der Waals surface area contributed by atoms with Gasteiger partial charge < -0.3 is 5.11 Å². The SMILES string of the molecule is CC(C)=C(C)C(O)c1ccc2ccccc2c1. The summed E-state index contributed by atoms with van der Waals surface area (Å²) in [7, 11) is 0. The molecule has 88 valence electrons. The van der Waals surface area contributed by atoms with Crippen LogP contribution in [0.25, 0.3) is 10.8 Å². The first-order chi connectivity index (χ1) is 8.09. The van der Waals surface area contributed by atoms with E-state index in [-0.39, 0.29) is 0 Å². The number of hydrogen-bond acceptors (Lipinski definition) is 1. The molecule has 0 saturated heterocycles. The van der Waals surface area contributed by atoms with Gasteiger partial charge in [-0.1, -0.05) is 42.0 Å². The Morgan fingerprint density at radius 2 is 1.59 bits per heavy atom. The second-order valence-electron chi connectivity index (χ2n) is 4.69. The fourth-order valence-electron chi connectivity index (χ4n) is 1.90. The molecule has 1 N–H and O–H groups in total. The summed E-state index contributed by atoms with van der Waals surface area (Å²) in [5.74, 6) is 0. The molecule has 2 rings (SSSR count). The van der Waals surface area contributed by atoms with Gasteiger partial charge in [-0.2, -0.15) is 0 Å². The molecule has 0 radical (unpaired) electrons. The van der Waals surface area contributed by atoms with Crippen molar-refractivity contribution in [1.82, 2.24) is 0 Å². The monoisotopic (exact) mass is 226 g/mol. The Hall–Kier alpha value is -1.60. The van der Waals surface area contributed by atoms with Gasteiger partial charge in [0.05, 0.1) is 0 Å². The lowest BCUT2D eigenvalue weighted by atomic mass is 9.97. The van der Waals surface area contributed by atoms with Gasteiger partial charge in [0.25, 0.3) is 0 Å². The fraction of sp³-hybridized carbons (Fsp3) is 0.250. The molecule has 1 nitrogen and oxygen atoms in total. The summed E-state index contributed by atoms with van der Waals surface area (Å²) in [6, 6.07) is 14.3. The van der Waals surface area contributed by atoms with Crippen molar-refractivity contribution in [3.63, 3.8) is 0 Å². The number of aliphatic hydroxyl groups excluding tert-OH is 1. The molecular weight excluding hydrogens is 208 g/mol. The highest BCUT2D eigenvalue weighted by molar-refractivity contribution is 5.83. The van der Waals surface area contributed by atoms with E-state index in [1.54, 1.807) is 0 Å². The zero-order valence-corrected chi connectivity index (χ0v) is 10.6. The zero-order chi connectivity index (χ0) is 12.4. The van der Waals surface area contributed by atoms with E-state index in [1.165, 1.54) is 16.3 Å². The van der Waals surface area contributed by atoms with Crippen molar-refractivity contribution in [2.75, 3.05) is 0 Å². The third-order valence-corrected chi connectivity index (χ3v) is 3.29. The summed E-state index contributed by atoms with van der Waals surface area (Å²) >= 11 is 0. The first kappa shape index (κ1) is 11.9. The molecule has 0 heterocycles. The van der Waals surface area contributed by atoms with Crippen LogP contribution in [0.2, 0.25) is 0 Å². The van der Waals surface area contributed by atoms with Crippen LogP contribution in [0.15, 0.2) is 53.6 Å². The van der Waals surface area contributed by atoms with Crippen LogP contribution in [0.5, 0.6) is 0 Å². The summed E-state index contributed by atoms with van der Waals surface area (Å²) in [5, 5.41) is 12.6. The number of allylic oxidation sites excluding steroid dienone is 1. The predicted octanol–water partition coefficient (Wildman–Crippen LogP) is 4.23. The summed E-state index contributed by atoms with van der Waals surface area (Å²) in [6.45, 7) is 6.04. The van der Waals surface area contributed by atoms with E-state index < -0.39 is 6.10 Å². The van der Waals surface area contributed by atoms with Gasteiger partial charge >= 0.3 is 0 Å². The third kappa shape index (κ3) is 2.40. The van der Waals surface area contributed by atoms with Crippen molar-refractivity contribution in [2.24, 2.45) is 0 Å². The minimum absolute atomic E-state index is 0.496. The minimum atomic E-state index is -0.496. The van der Waals surface area contributed by atoms with Crippen LogP contribution in [0.3, 0.4) is 0 Å². The molecule has 1 unspecified atom stereocenters. The van der Waals surface area contributed by atoms with Crippen molar-refractivity contribution < 1.29 is 5.11 Å². The largest absolute Gasteiger partial charge is 0.384 e. The second kappa shape index (κ2) is 4.72. The average Bonchev–Trinajstić information content (AvgIpc) is 2.36. The lowest BCUT2D eigenvalue weighted by molar-refractivity contribution is 0.214. The smallest absolute Gasteiger partial charge is 0.100 e. The Morgan fingerprint density at radius 3 is 2.24 bits per heavy atom. The van der Waals surface area contributed by atoms with E-state index >= 15 is 0 Å². The maximum atomic E-state index is 10.3. The van der Waals surface area contributed by atoms with E-state index in [4.69, 9.17) is 0 Å². The highest BCUT2D eigenvalue weighted by atomic mass is 16.3. The van der Waals surface area contributed by atoms with Crippen molar-refractivity contribution in [1.29, 1.82) is 0 Å². The van der Waals surface area contributed by atoms with Gasteiger partial charge in [-0.15, -0.1) is 0 Å². The van der Waals surface area contributed by atoms with Crippen LogP contribution < -0.4 is 0 Å². The van der Waals surface area contributed by atoms with Gasteiger partial charge in [0.15, 0.2) is 0 Å². The Kier molecular flexibility index (Phi) is 3.30. The van der Waals surface area contributed by atoms with Gasteiger partial charge in [-0.05, 0) is 48.7 Å². The Balaban J connectivity index is 2.47. The van der Waals surface area contributed by atoms with Crippen LogP contribution in [-0.2, 0) is 0 Å². The van der Waals surface area contributed by atoms with E-state index in [9.17, 15) is 5.11 Å². The molecule has 0 saturated carbocycles. The zero-order valence-electron chi connectivity index (χ0n) is 10.6. The number of hydrogen-bond donors (Lipinski definition) is 1. The van der Waals surface area contributed by atoms with E-state index in [1.807, 2.05) is 39.0 Å². The molecule has 0 aromatic heterocycles. The molecule has 1 heteroatoms. The lowest BCUT2D eigenvalue weighted by Gasteiger charge is -2.14. The second-order valence-corrected chi connectivity index (χ2v) is 4.69. The van der Waals surface area contributed by atoms with Gasteiger partial charge in [-0.25, -0.2) is 0 Å². The molecule has 2 aromatic rings. The van der Waals surface area contributed by atoms with Crippen LogP contribution in [0, 0.1) is 0 Å². The van der Waals surface area contributed by atoms with Crippen molar-refractivity contribution >= 4 is 10.8 Å². The van der Waals surface area contributed by atoms with Crippen LogP contribution in [-0.4, -0.2) is 5.11 Å². The predicted molar refractivity (Wildman–Crippen MR) is 73.0 cm³/mol. The topological polar surface area (TPSA) is 20.2 Å². The van der Waals surface area contributed by atoms with Crippen molar-refractivity contribution in [2.45, 2.75) is 26.9 Å². The van der Waals surface area contributed by atoms with E-state index in [2.05, 4.69) is 24.3 Å².